The highest BCUT2D eigenvalue weighted by molar-refractivity contribution is 9.11. The highest BCUT2D eigenvalue weighted by Gasteiger charge is 2.18. The number of anilines is 6. The van der Waals surface area contributed by atoms with Crippen molar-refractivity contribution < 1.29 is 36.9 Å². The third kappa shape index (κ3) is 7.54. The number of halogens is 4. The smallest absolute Gasteiger partial charge is 0.146 e. The predicted molar refractivity (Wildman–Crippen MR) is 214 cm³/mol. The lowest BCUT2D eigenvalue weighted by atomic mass is 10.2. The molecular weight excluding hydrogens is 795 g/mol. The van der Waals surface area contributed by atoms with Crippen molar-refractivity contribution in [1.82, 2.24) is 0 Å². The molecule has 7 rings (SSSR count). The van der Waals surface area contributed by atoms with Crippen molar-refractivity contribution in [2.75, 3.05) is 9.80 Å². The van der Waals surface area contributed by atoms with Gasteiger partial charge in [0.05, 0.1) is 46.4 Å². The molecule has 0 aliphatic carbocycles. The molecule has 8 heteroatoms. The Labute approximate surface area is 346 Å². The van der Waals surface area contributed by atoms with E-state index in [4.69, 9.17) is 60.1 Å². The molecule has 0 spiro atoms. The zero-order chi connectivity index (χ0) is 51.9. The average molecular weight is 844 g/mol. The molecule has 0 saturated carbocycles. The summed E-state index contributed by atoms with van der Waals surface area (Å²) >= 11 is 20.4. The van der Waals surface area contributed by atoms with Crippen LogP contribution < -0.4 is 19.3 Å². The topological polar surface area (TPSA) is 24.9 Å². The van der Waals surface area contributed by atoms with Crippen molar-refractivity contribution in [3.8, 4) is 23.0 Å². The summed E-state index contributed by atoms with van der Waals surface area (Å²) in [6.07, 6.45) is 0. The van der Waals surface area contributed by atoms with Gasteiger partial charge in [0.2, 0.25) is 0 Å². The number of hydrogen-bond acceptors (Lipinski definition) is 4. The molecule has 0 amide bonds. The number of para-hydroxylation sites is 4. The Hall–Kier alpha value is -4.72. The molecule has 0 saturated heterocycles. The second-order valence-electron chi connectivity index (χ2n) is 9.71. The van der Waals surface area contributed by atoms with E-state index in [9.17, 15) is 0 Å². The third-order valence-corrected chi connectivity index (χ3v) is 8.45. The monoisotopic (exact) mass is 840 g/mol. The second-order valence-corrected chi connectivity index (χ2v) is 12.2. The maximum atomic E-state index is 8.69. The minimum absolute atomic E-state index is 0.00942. The van der Waals surface area contributed by atoms with Crippen LogP contribution in [-0.4, -0.2) is 0 Å². The van der Waals surface area contributed by atoms with E-state index in [0.29, 0.717) is 0 Å². The Morgan fingerprint density at radius 1 is 0.400 bits per heavy atom. The maximum Gasteiger partial charge on any atom is 0.146 e. The molecule has 0 unspecified atom stereocenters. The van der Waals surface area contributed by atoms with Crippen molar-refractivity contribution in [2.24, 2.45) is 0 Å². The second kappa shape index (κ2) is 15.4. The number of rotatable bonds is 10. The quantitative estimate of drug-likeness (QED) is 0.137. The first-order valence-electron chi connectivity index (χ1n) is 24.0. The highest BCUT2D eigenvalue weighted by Crippen LogP contribution is 2.45. The van der Waals surface area contributed by atoms with Crippen LogP contribution in [0.2, 0.25) is 10.0 Å². The molecule has 0 atom stereocenters. The zero-order valence-corrected chi connectivity index (χ0v) is 29.5. The van der Waals surface area contributed by atoms with Crippen LogP contribution in [0.5, 0.6) is 23.0 Å². The van der Waals surface area contributed by atoms with Gasteiger partial charge in [0.25, 0.3) is 0 Å². The van der Waals surface area contributed by atoms with Gasteiger partial charge in [0.15, 0.2) is 0 Å². The van der Waals surface area contributed by atoms with Gasteiger partial charge >= 0.3 is 0 Å². The third-order valence-electron chi connectivity index (χ3n) is 6.62. The molecule has 246 valence electrons. The zero-order valence-electron chi connectivity index (χ0n) is 44.8. The van der Waals surface area contributed by atoms with E-state index >= 15 is 0 Å². The minimum atomic E-state index is -0.743. The Bertz CT molecular complexity index is 2910. The Balaban J connectivity index is 1.25. The summed E-state index contributed by atoms with van der Waals surface area (Å²) in [5, 5.41) is -0.252. The lowest BCUT2D eigenvalue weighted by Gasteiger charge is -2.26. The lowest BCUT2D eigenvalue weighted by molar-refractivity contribution is 0.464. The molecule has 0 aromatic heterocycles. The number of hydrogen-bond donors (Lipinski definition) is 0. The van der Waals surface area contributed by atoms with Crippen molar-refractivity contribution in [3.05, 3.63) is 188 Å². The molecule has 4 nitrogen and oxygen atoms in total. The maximum absolute atomic E-state index is 8.69. The molecule has 0 fully saturated rings. The fraction of sp³-hybridized carbons (Fsp3) is 0. The Kier molecular flexibility index (Phi) is 5.40. The van der Waals surface area contributed by atoms with E-state index in [2.05, 4.69) is 31.9 Å². The van der Waals surface area contributed by atoms with Gasteiger partial charge in [-0.2, -0.15) is 0 Å². The highest BCUT2D eigenvalue weighted by atomic mass is 79.9. The van der Waals surface area contributed by atoms with Gasteiger partial charge in [0, 0.05) is 34.1 Å². The first kappa shape index (κ1) is 17.5. The standard InChI is InChI=1S/C42H28Br2Cl2N2O2/c43-35-28-42(50-40-24-22-34(26-38(40)46)48(31-17-9-3-10-18-31)32-19-11-4-12-20-32)36(44)27-41(35)49-39-23-21-33(25-37(39)45)47(29-13-5-1-6-14-29)30-15-7-2-8-16-30/h1-28H/i1D,2D,3D,4D,5D,6D,7D,8D,9D,10D,11D,12D,13D,14D,15D,16D,17D,18D,19D,20D. The van der Waals surface area contributed by atoms with Gasteiger partial charge < -0.3 is 19.3 Å². The summed E-state index contributed by atoms with van der Waals surface area (Å²) < 4.78 is 181. The molecule has 50 heavy (non-hydrogen) atoms. The molecule has 0 aliphatic heterocycles. The summed E-state index contributed by atoms with van der Waals surface area (Å²) in [6.45, 7) is 0. The van der Waals surface area contributed by atoms with Crippen LogP contribution in [0.25, 0.3) is 0 Å². The van der Waals surface area contributed by atoms with E-state index < -0.39 is 144 Å². The van der Waals surface area contributed by atoms with Gasteiger partial charge in [0.1, 0.15) is 23.0 Å². The summed E-state index contributed by atoms with van der Waals surface area (Å²) in [5.41, 5.74) is -2.21. The minimum Gasteiger partial charge on any atom is -0.455 e. The van der Waals surface area contributed by atoms with E-state index in [0.717, 1.165) is 9.80 Å². The number of benzene rings is 7. The average Bonchev–Trinajstić information content (AvgIpc) is 3.33. The van der Waals surface area contributed by atoms with Crippen LogP contribution in [0.4, 0.5) is 34.1 Å². The van der Waals surface area contributed by atoms with Crippen molar-refractivity contribution in [2.45, 2.75) is 0 Å². The van der Waals surface area contributed by atoms with Crippen molar-refractivity contribution >= 4 is 89.2 Å². The van der Waals surface area contributed by atoms with Gasteiger partial charge in [-0.05, 0) is 129 Å². The molecular formula is C42H28Br2Cl2N2O2. The van der Waals surface area contributed by atoms with Crippen LogP contribution >= 0.6 is 55.1 Å². The largest absolute Gasteiger partial charge is 0.455 e. The molecule has 0 radical (unpaired) electrons. The molecule has 7 aromatic carbocycles. The predicted octanol–water partition coefficient (Wildman–Crippen LogP) is 15.0. The van der Waals surface area contributed by atoms with Crippen LogP contribution in [0, 0.1) is 0 Å². The fourth-order valence-electron chi connectivity index (χ4n) is 4.49. The lowest BCUT2D eigenvalue weighted by Crippen LogP contribution is -2.09. The van der Waals surface area contributed by atoms with E-state index in [-0.39, 0.29) is 53.4 Å². The Morgan fingerprint density at radius 2 is 0.700 bits per heavy atom. The van der Waals surface area contributed by atoms with Crippen molar-refractivity contribution in [3.63, 3.8) is 0 Å². The van der Waals surface area contributed by atoms with Crippen LogP contribution in [0.15, 0.2) is 178 Å². The van der Waals surface area contributed by atoms with Crippen LogP contribution in [0.1, 0.15) is 27.4 Å². The van der Waals surface area contributed by atoms with Gasteiger partial charge in [-0.25, -0.2) is 0 Å². The summed E-state index contributed by atoms with van der Waals surface area (Å²) in [7, 11) is 0. The first-order valence-corrected chi connectivity index (χ1v) is 16.4. The summed E-state index contributed by atoms with van der Waals surface area (Å²) in [4.78, 5) is 1.88. The van der Waals surface area contributed by atoms with E-state index in [1.807, 2.05) is 0 Å². The van der Waals surface area contributed by atoms with Crippen LogP contribution in [-0.2, 0) is 0 Å². The van der Waals surface area contributed by atoms with Gasteiger partial charge in [-0.15, -0.1) is 0 Å². The van der Waals surface area contributed by atoms with Crippen LogP contribution in [0.3, 0.4) is 0 Å². The normalized spacial score (nSPS) is 16.4. The summed E-state index contributed by atoms with van der Waals surface area (Å²) in [6, 6.07) is -3.83. The Morgan fingerprint density at radius 3 is 0.980 bits per heavy atom. The molecule has 0 N–H and O–H groups in total. The van der Waals surface area contributed by atoms with E-state index in [1.165, 1.54) is 48.5 Å². The number of nitrogens with zero attached hydrogens (tertiary/aromatic N) is 2. The van der Waals surface area contributed by atoms with Gasteiger partial charge in [-0.3, -0.25) is 0 Å². The first-order chi connectivity index (χ1) is 32.7. The summed E-state index contributed by atoms with van der Waals surface area (Å²) in [5.74, 6) is 0.318. The SMILES string of the molecule is [2H]c1c([2H])c([2H])c(N(c2ccc(Oc3cc(Br)c(Oc4ccc(N(c5c([2H])c([2H])c([2H])c([2H])c5[2H])c5c([2H])c([2H])c([2H])c([2H])c5[2H])cc4Cl)cc3Br)c(Cl)c2)c2c([2H])c([2H])c([2H])c([2H])c2[2H])c([2H])c1[2H]. The molecule has 0 bridgehead atoms. The molecule has 0 aliphatic rings. The molecule has 7 aromatic rings. The fourth-order valence-corrected chi connectivity index (χ4v) is 5.72. The number of ether oxygens (including phenoxy) is 2. The molecule has 0 heterocycles. The van der Waals surface area contributed by atoms with Gasteiger partial charge in [-0.1, -0.05) is 95.7 Å². The van der Waals surface area contributed by atoms with E-state index in [1.54, 1.807) is 0 Å². The van der Waals surface area contributed by atoms with Crippen molar-refractivity contribution in [1.29, 1.82) is 0 Å².